The molecule has 0 spiro atoms. The number of allylic oxidation sites excluding steroid dienone is 1. The number of H-pyrrole nitrogens is 1. The molecule has 2 heterocycles. The number of halogens is 2. The highest BCUT2D eigenvalue weighted by atomic mass is 35.5. The molecule has 146 valence electrons. The van der Waals surface area contributed by atoms with Crippen LogP contribution in [0.25, 0.3) is 22.0 Å². The molecule has 5 rings (SSSR count). The van der Waals surface area contributed by atoms with Crippen LogP contribution >= 0.6 is 23.2 Å². The molecule has 1 aromatic heterocycles. The van der Waals surface area contributed by atoms with E-state index in [0.717, 1.165) is 22.0 Å². The van der Waals surface area contributed by atoms with Crippen LogP contribution in [0.3, 0.4) is 0 Å². The SMILES string of the molecule is N#CC1=C(N)Oc2n[nH]c(-c3ccc4ccccc4c3)c2[C@H]1c1cccc(Cl)c1Cl. The second-order valence-corrected chi connectivity index (χ2v) is 7.73. The molecule has 4 aromatic rings. The zero-order chi connectivity index (χ0) is 20.8. The minimum Gasteiger partial charge on any atom is -0.420 e. The molecule has 7 heteroatoms. The number of fused-ring (bicyclic) bond motifs is 2. The van der Waals surface area contributed by atoms with Crippen molar-refractivity contribution in [3.05, 3.63) is 93.3 Å². The molecule has 1 aliphatic heterocycles. The van der Waals surface area contributed by atoms with Crippen LogP contribution in [0.15, 0.2) is 72.1 Å². The van der Waals surface area contributed by atoms with Crippen molar-refractivity contribution in [2.75, 3.05) is 0 Å². The molecule has 0 amide bonds. The van der Waals surface area contributed by atoms with Gasteiger partial charge in [0.25, 0.3) is 0 Å². The third-order valence-electron chi connectivity index (χ3n) is 5.27. The Kier molecular flexibility index (Phi) is 4.39. The fourth-order valence-electron chi connectivity index (χ4n) is 3.86. The standard InChI is InChI=1S/C23H14Cl2N4O/c24-17-7-3-6-15(20(17)25)18-16(11-26)22(27)30-23-19(18)21(28-29-23)14-9-8-12-4-1-2-5-13(12)10-14/h1-10,18H,27H2,(H,28,29)/t18-/m0/s1. The number of hydrogen-bond acceptors (Lipinski definition) is 4. The Labute approximate surface area is 182 Å². The maximum atomic E-state index is 9.84. The molecule has 0 saturated carbocycles. The molecule has 5 nitrogen and oxygen atoms in total. The molecule has 1 aliphatic rings. The quantitative estimate of drug-likeness (QED) is 0.421. The van der Waals surface area contributed by atoms with E-state index < -0.39 is 5.92 Å². The van der Waals surface area contributed by atoms with E-state index in [1.165, 1.54) is 0 Å². The first-order chi connectivity index (χ1) is 14.6. The molecule has 0 radical (unpaired) electrons. The number of nitrogens with two attached hydrogens (primary N) is 1. The maximum Gasteiger partial charge on any atom is 0.244 e. The number of nitrogens with one attached hydrogen (secondary N) is 1. The van der Waals surface area contributed by atoms with E-state index in [-0.39, 0.29) is 11.5 Å². The smallest absolute Gasteiger partial charge is 0.244 e. The van der Waals surface area contributed by atoms with E-state index in [1.54, 1.807) is 12.1 Å². The number of aromatic amines is 1. The largest absolute Gasteiger partial charge is 0.420 e. The van der Waals surface area contributed by atoms with Crippen molar-refractivity contribution in [3.63, 3.8) is 0 Å². The molecule has 0 unspecified atom stereocenters. The van der Waals surface area contributed by atoms with E-state index in [2.05, 4.69) is 28.4 Å². The first-order valence-corrected chi connectivity index (χ1v) is 9.93. The minimum atomic E-state index is -0.565. The van der Waals surface area contributed by atoms with Crippen molar-refractivity contribution >= 4 is 34.0 Å². The summed E-state index contributed by atoms with van der Waals surface area (Å²) in [7, 11) is 0. The lowest BCUT2D eigenvalue weighted by molar-refractivity contribution is 0.379. The summed E-state index contributed by atoms with van der Waals surface area (Å²) < 4.78 is 5.66. The average Bonchev–Trinajstić information content (AvgIpc) is 3.18. The summed E-state index contributed by atoms with van der Waals surface area (Å²) in [6, 6.07) is 21.7. The normalized spacial score (nSPS) is 15.6. The van der Waals surface area contributed by atoms with Gasteiger partial charge in [-0.1, -0.05) is 71.7 Å². The lowest BCUT2D eigenvalue weighted by Crippen LogP contribution is -2.21. The lowest BCUT2D eigenvalue weighted by Gasteiger charge is -2.25. The number of hydrogen-bond donors (Lipinski definition) is 2. The second kappa shape index (κ2) is 7.10. The van der Waals surface area contributed by atoms with Crippen LogP contribution in [-0.4, -0.2) is 10.2 Å². The summed E-state index contributed by atoms with van der Waals surface area (Å²) in [4.78, 5) is 0. The van der Waals surface area contributed by atoms with Gasteiger partial charge in [0.05, 0.1) is 27.2 Å². The topological polar surface area (TPSA) is 87.7 Å². The van der Waals surface area contributed by atoms with Crippen molar-refractivity contribution in [2.45, 2.75) is 5.92 Å². The van der Waals surface area contributed by atoms with Gasteiger partial charge in [0.15, 0.2) is 0 Å². The summed E-state index contributed by atoms with van der Waals surface area (Å²) >= 11 is 12.8. The van der Waals surface area contributed by atoms with Gasteiger partial charge in [-0.2, -0.15) is 5.26 Å². The van der Waals surface area contributed by atoms with Gasteiger partial charge in [0.1, 0.15) is 11.6 Å². The molecule has 3 aromatic carbocycles. The summed E-state index contributed by atoms with van der Waals surface area (Å²) in [6.07, 6.45) is 0. The molecule has 0 saturated heterocycles. The Balaban J connectivity index is 1.76. The number of rotatable bonds is 2. The van der Waals surface area contributed by atoms with Crippen molar-refractivity contribution in [2.24, 2.45) is 5.73 Å². The van der Waals surface area contributed by atoms with Crippen LogP contribution < -0.4 is 10.5 Å². The predicted octanol–water partition coefficient (Wildman–Crippen LogP) is 5.75. The summed E-state index contributed by atoms with van der Waals surface area (Å²) in [5.41, 5.74) is 9.31. The van der Waals surface area contributed by atoms with E-state index in [0.29, 0.717) is 27.1 Å². The fourth-order valence-corrected chi connectivity index (χ4v) is 4.28. The summed E-state index contributed by atoms with van der Waals surface area (Å²) in [5, 5.41) is 20.2. The van der Waals surface area contributed by atoms with Crippen LogP contribution in [0.1, 0.15) is 17.0 Å². The van der Waals surface area contributed by atoms with Gasteiger partial charge in [0, 0.05) is 5.56 Å². The lowest BCUT2D eigenvalue weighted by atomic mass is 9.83. The molecule has 0 fully saturated rings. The van der Waals surface area contributed by atoms with Gasteiger partial charge in [0.2, 0.25) is 11.8 Å². The van der Waals surface area contributed by atoms with Gasteiger partial charge in [-0.05, 0) is 28.5 Å². The van der Waals surface area contributed by atoms with Crippen molar-refractivity contribution in [1.82, 2.24) is 10.2 Å². The number of benzene rings is 3. The highest BCUT2D eigenvalue weighted by Gasteiger charge is 2.36. The van der Waals surface area contributed by atoms with Gasteiger partial charge < -0.3 is 10.5 Å². The third-order valence-corrected chi connectivity index (χ3v) is 6.10. The molecule has 3 N–H and O–H groups in total. The molecule has 0 bridgehead atoms. The Bertz CT molecular complexity index is 1380. The number of nitriles is 1. The first kappa shape index (κ1) is 18.6. The van der Waals surface area contributed by atoms with Crippen LogP contribution in [0, 0.1) is 11.3 Å². The molecule has 0 aliphatic carbocycles. The Hall–Kier alpha value is -3.46. The Morgan fingerprint density at radius 1 is 1.03 bits per heavy atom. The Morgan fingerprint density at radius 3 is 2.63 bits per heavy atom. The van der Waals surface area contributed by atoms with Crippen LogP contribution in [0.5, 0.6) is 5.88 Å². The summed E-state index contributed by atoms with van der Waals surface area (Å²) in [5.74, 6) is -0.247. The zero-order valence-electron chi connectivity index (χ0n) is 15.5. The van der Waals surface area contributed by atoms with Crippen LogP contribution in [-0.2, 0) is 0 Å². The first-order valence-electron chi connectivity index (χ1n) is 9.17. The maximum absolute atomic E-state index is 9.84. The molecule has 30 heavy (non-hydrogen) atoms. The fraction of sp³-hybridized carbons (Fsp3) is 0.0435. The predicted molar refractivity (Wildman–Crippen MR) is 117 cm³/mol. The monoisotopic (exact) mass is 432 g/mol. The van der Waals surface area contributed by atoms with Crippen molar-refractivity contribution < 1.29 is 4.74 Å². The van der Waals surface area contributed by atoms with Crippen LogP contribution in [0.2, 0.25) is 10.0 Å². The van der Waals surface area contributed by atoms with E-state index in [1.807, 2.05) is 36.4 Å². The average molecular weight is 433 g/mol. The minimum absolute atomic E-state index is 0.00241. The number of nitrogens with zero attached hydrogens (tertiary/aromatic N) is 2. The molecular formula is C23H14Cl2N4O. The number of aromatic nitrogens is 2. The third kappa shape index (κ3) is 2.81. The van der Waals surface area contributed by atoms with Gasteiger partial charge in [-0.3, -0.25) is 5.10 Å². The highest BCUT2D eigenvalue weighted by molar-refractivity contribution is 6.42. The van der Waals surface area contributed by atoms with Gasteiger partial charge >= 0.3 is 0 Å². The molecular weight excluding hydrogens is 419 g/mol. The zero-order valence-corrected chi connectivity index (χ0v) is 17.0. The molecule has 1 atom stereocenters. The van der Waals surface area contributed by atoms with E-state index in [9.17, 15) is 5.26 Å². The van der Waals surface area contributed by atoms with E-state index in [4.69, 9.17) is 33.7 Å². The highest BCUT2D eigenvalue weighted by Crippen LogP contribution is 2.48. The van der Waals surface area contributed by atoms with Crippen LogP contribution in [0.4, 0.5) is 0 Å². The Morgan fingerprint density at radius 2 is 1.83 bits per heavy atom. The van der Waals surface area contributed by atoms with E-state index >= 15 is 0 Å². The van der Waals surface area contributed by atoms with Gasteiger partial charge in [-0.25, -0.2) is 0 Å². The summed E-state index contributed by atoms with van der Waals surface area (Å²) in [6.45, 7) is 0. The number of ether oxygens (including phenoxy) is 1. The van der Waals surface area contributed by atoms with Crippen molar-refractivity contribution in [1.29, 1.82) is 5.26 Å². The van der Waals surface area contributed by atoms with Gasteiger partial charge in [-0.15, -0.1) is 5.10 Å². The second-order valence-electron chi connectivity index (χ2n) is 6.95. The van der Waals surface area contributed by atoms with Crippen molar-refractivity contribution in [3.8, 4) is 23.2 Å².